The number of nitrogens with zero attached hydrogens (tertiary/aromatic N) is 1. The summed E-state index contributed by atoms with van der Waals surface area (Å²) >= 11 is 0. The number of rotatable bonds is 5. The van der Waals surface area contributed by atoms with E-state index in [9.17, 15) is 14.7 Å². The van der Waals surface area contributed by atoms with Gasteiger partial charge in [0.25, 0.3) is 0 Å². The van der Waals surface area contributed by atoms with Crippen LogP contribution in [0.4, 0.5) is 0 Å². The van der Waals surface area contributed by atoms with Crippen LogP contribution in [-0.2, 0) is 14.3 Å². The van der Waals surface area contributed by atoms with Crippen molar-refractivity contribution in [2.45, 2.75) is 77.0 Å². The van der Waals surface area contributed by atoms with Gasteiger partial charge in [-0.05, 0) is 52.0 Å². The van der Waals surface area contributed by atoms with Crippen LogP contribution >= 0.6 is 0 Å². The van der Waals surface area contributed by atoms with Crippen molar-refractivity contribution in [3.63, 3.8) is 0 Å². The highest BCUT2D eigenvalue weighted by atomic mass is 16.5. The Hall–Kier alpha value is -1.88. The molecule has 4 atom stereocenters. The number of amides is 1. The van der Waals surface area contributed by atoms with E-state index in [-0.39, 0.29) is 23.6 Å². The molecule has 1 saturated carbocycles. The van der Waals surface area contributed by atoms with E-state index in [0.29, 0.717) is 19.4 Å². The maximum Gasteiger partial charge on any atom is 0.227 e. The molecule has 1 heterocycles. The van der Waals surface area contributed by atoms with E-state index in [1.165, 1.54) is 0 Å². The van der Waals surface area contributed by atoms with E-state index in [2.05, 4.69) is 13.8 Å². The van der Waals surface area contributed by atoms with E-state index in [1.54, 1.807) is 0 Å². The molecular formula is C23H32NO4-. The summed E-state index contributed by atoms with van der Waals surface area (Å²) in [7, 11) is 0. The highest BCUT2D eigenvalue weighted by Gasteiger charge is 2.41. The lowest BCUT2D eigenvalue weighted by atomic mass is 9.77. The van der Waals surface area contributed by atoms with Gasteiger partial charge >= 0.3 is 0 Å². The molecule has 5 heteroatoms. The van der Waals surface area contributed by atoms with Gasteiger partial charge in [0.1, 0.15) is 0 Å². The predicted octanol–water partition coefficient (Wildman–Crippen LogP) is 3.09. The number of carboxylic acids is 1. The van der Waals surface area contributed by atoms with Crippen LogP contribution in [0.25, 0.3) is 0 Å². The van der Waals surface area contributed by atoms with Gasteiger partial charge in [-0.25, -0.2) is 0 Å². The van der Waals surface area contributed by atoms with Gasteiger partial charge in [-0.3, -0.25) is 4.79 Å². The van der Waals surface area contributed by atoms with Crippen molar-refractivity contribution in [2.24, 2.45) is 11.8 Å². The standard InChI is InChI=1S/C23H33NO4/c1-16(17-9-5-4-6-10-17)24(18-13-14-28-23(2,3)15-18)21(25)19-11-7-8-12-20(19)22(26)27/h4-6,9-10,16,18-20H,7-8,11-15H2,1-3H3,(H,26,27)/p-1/t16-,18-,19+,20-/m0/s1. The van der Waals surface area contributed by atoms with Crippen LogP contribution in [0.5, 0.6) is 0 Å². The summed E-state index contributed by atoms with van der Waals surface area (Å²) in [6, 6.07) is 9.92. The fourth-order valence-corrected chi connectivity index (χ4v) is 4.92. The predicted molar refractivity (Wildman–Crippen MR) is 105 cm³/mol. The lowest BCUT2D eigenvalue weighted by molar-refractivity contribution is -0.314. The summed E-state index contributed by atoms with van der Waals surface area (Å²) in [5.41, 5.74) is 0.777. The van der Waals surface area contributed by atoms with Crippen LogP contribution in [0.2, 0.25) is 0 Å². The van der Waals surface area contributed by atoms with Crippen LogP contribution in [0, 0.1) is 11.8 Å². The zero-order valence-electron chi connectivity index (χ0n) is 17.2. The number of carbonyl (C=O) groups is 2. The molecule has 3 rings (SSSR count). The average Bonchev–Trinajstić information content (AvgIpc) is 2.68. The Balaban J connectivity index is 1.93. The first-order valence-corrected chi connectivity index (χ1v) is 10.5. The number of carboxylic acid groups (broad SMARTS) is 1. The smallest absolute Gasteiger partial charge is 0.227 e. The molecule has 1 saturated heterocycles. The van der Waals surface area contributed by atoms with Crippen LogP contribution in [0.3, 0.4) is 0 Å². The minimum Gasteiger partial charge on any atom is -0.550 e. The van der Waals surface area contributed by atoms with Crippen molar-refractivity contribution in [3.8, 4) is 0 Å². The molecule has 154 valence electrons. The quantitative estimate of drug-likeness (QED) is 0.780. The molecule has 1 aromatic carbocycles. The first-order chi connectivity index (χ1) is 13.3. The summed E-state index contributed by atoms with van der Waals surface area (Å²) < 4.78 is 5.87. The minimum absolute atomic E-state index is 0.0343. The Labute approximate surface area is 168 Å². The van der Waals surface area contributed by atoms with Crippen LogP contribution < -0.4 is 5.11 Å². The molecule has 0 spiro atoms. The monoisotopic (exact) mass is 386 g/mol. The van der Waals surface area contributed by atoms with Crippen molar-refractivity contribution in [3.05, 3.63) is 35.9 Å². The molecule has 5 nitrogen and oxygen atoms in total. The Bertz CT molecular complexity index is 687. The van der Waals surface area contributed by atoms with Gasteiger partial charge in [0.2, 0.25) is 5.91 Å². The Kier molecular flexibility index (Phi) is 6.43. The normalized spacial score (nSPS) is 28.3. The fourth-order valence-electron chi connectivity index (χ4n) is 4.92. The lowest BCUT2D eigenvalue weighted by Crippen LogP contribution is -2.53. The number of hydrogen-bond acceptors (Lipinski definition) is 4. The number of ether oxygens (including phenoxy) is 1. The highest BCUT2D eigenvalue weighted by Crippen LogP contribution is 2.38. The first kappa shape index (κ1) is 20.8. The fraction of sp³-hybridized carbons (Fsp3) is 0.652. The van der Waals surface area contributed by atoms with Crippen LogP contribution in [-0.4, -0.2) is 35.0 Å². The number of aliphatic carboxylic acids is 1. The molecule has 1 amide bonds. The molecule has 2 fully saturated rings. The van der Waals surface area contributed by atoms with E-state index in [0.717, 1.165) is 31.2 Å². The third-order valence-electron chi connectivity index (χ3n) is 6.40. The second-order valence-corrected chi connectivity index (χ2v) is 8.90. The third kappa shape index (κ3) is 4.57. The summed E-state index contributed by atoms with van der Waals surface area (Å²) in [6.07, 6.45) is 4.43. The largest absolute Gasteiger partial charge is 0.550 e. The second kappa shape index (κ2) is 8.64. The van der Waals surface area contributed by atoms with Crippen molar-refractivity contribution in [1.82, 2.24) is 4.90 Å². The molecule has 2 aliphatic rings. The summed E-state index contributed by atoms with van der Waals surface area (Å²) in [5, 5.41) is 11.7. The number of hydrogen-bond donors (Lipinski definition) is 0. The summed E-state index contributed by atoms with van der Waals surface area (Å²) in [5.74, 6) is -2.29. The molecule has 0 aromatic heterocycles. The van der Waals surface area contributed by atoms with Gasteiger partial charge in [0.05, 0.1) is 11.6 Å². The Morgan fingerprint density at radius 2 is 1.75 bits per heavy atom. The molecule has 1 aliphatic carbocycles. The van der Waals surface area contributed by atoms with Crippen molar-refractivity contribution >= 4 is 11.9 Å². The van der Waals surface area contributed by atoms with Gasteiger partial charge < -0.3 is 19.5 Å². The Morgan fingerprint density at radius 3 is 2.36 bits per heavy atom. The first-order valence-electron chi connectivity index (χ1n) is 10.5. The lowest BCUT2D eigenvalue weighted by Gasteiger charge is -2.46. The van der Waals surface area contributed by atoms with E-state index in [1.807, 2.05) is 42.2 Å². The molecule has 1 aromatic rings. The summed E-state index contributed by atoms with van der Waals surface area (Å²) in [4.78, 5) is 27.4. The zero-order valence-corrected chi connectivity index (χ0v) is 17.2. The summed E-state index contributed by atoms with van der Waals surface area (Å²) in [6.45, 7) is 6.77. The topological polar surface area (TPSA) is 69.7 Å². The SMILES string of the molecule is C[C@@H](c1ccccc1)N(C(=O)[C@@H]1CCCC[C@@H]1C(=O)[O-])[C@H]1CCOC(C)(C)C1. The molecule has 0 bridgehead atoms. The van der Waals surface area contributed by atoms with Crippen LogP contribution in [0.15, 0.2) is 30.3 Å². The maximum absolute atomic E-state index is 13.7. The third-order valence-corrected chi connectivity index (χ3v) is 6.40. The maximum atomic E-state index is 13.7. The molecule has 1 aliphatic heterocycles. The van der Waals surface area contributed by atoms with Gasteiger partial charge in [0, 0.05) is 30.5 Å². The van der Waals surface area contributed by atoms with Gasteiger partial charge in [-0.15, -0.1) is 0 Å². The highest BCUT2D eigenvalue weighted by molar-refractivity contribution is 5.85. The number of carbonyl (C=O) groups excluding carboxylic acids is 2. The van der Waals surface area contributed by atoms with Crippen molar-refractivity contribution in [1.29, 1.82) is 0 Å². The zero-order chi connectivity index (χ0) is 20.3. The molecule has 0 unspecified atom stereocenters. The van der Waals surface area contributed by atoms with Gasteiger partial charge in [-0.2, -0.15) is 0 Å². The second-order valence-electron chi connectivity index (χ2n) is 8.90. The van der Waals surface area contributed by atoms with E-state index < -0.39 is 17.8 Å². The van der Waals surface area contributed by atoms with Gasteiger partial charge in [0.15, 0.2) is 0 Å². The average molecular weight is 387 g/mol. The Morgan fingerprint density at radius 1 is 1.11 bits per heavy atom. The van der Waals surface area contributed by atoms with Gasteiger partial charge in [-0.1, -0.05) is 43.2 Å². The van der Waals surface area contributed by atoms with Crippen molar-refractivity contribution in [2.75, 3.05) is 6.61 Å². The molecule has 0 N–H and O–H groups in total. The molecule has 0 radical (unpaired) electrons. The van der Waals surface area contributed by atoms with Crippen LogP contribution in [0.1, 0.15) is 70.9 Å². The molecular weight excluding hydrogens is 354 g/mol. The molecule has 28 heavy (non-hydrogen) atoms. The minimum atomic E-state index is -1.09. The number of benzene rings is 1. The van der Waals surface area contributed by atoms with E-state index >= 15 is 0 Å². The van der Waals surface area contributed by atoms with E-state index in [4.69, 9.17) is 4.74 Å². The van der Waals surface area contributed by atoms with Crippen molar-refractivity contribution < 1.29 is 19.4 Å².